The highest BCUT2D eigenvalue weighted by Crippen LogP contribution is 2.21. The Hall–Kier alpha value is -3.19. The van der Waals surface area contributed by atoms with Crippen LogP contribution >= 0.6 is 0 Å². The highest BCUT2D eigenvalue weighted by atomic mass is 16.5. The van der Waals surface area contributed by atoms with Crippen molar-refractivity contribution < 1.29 is 14.1 Å². The number of likely N-dealkylation sites (tertiary alicyclic amines) is 1. The third kappa shape index (κ3) is 5.34. The molecule has 0 N–H and O–H groups in total. The SMILES string of the molecule is COc1ccc(-c2noc(CN(C)C(=O)c3ccc(CN4CCC[C@@H](C)C4)cc3)n2)cc1. The third-order valence-electron chi connectivity index (χ3n) is 5.88. The molecule has 7 heteroatoms. The Labute approximate surface area is 189 Å². The standard InChI is InChI=1S/C25H30N4O3/c1-18-5-4-14-29(15-18)16-19-6-8-21(9-7-19)25(30)28(2)17-23-26-24(27-32-23)20-10-12-22(31-3)13-11-20/h6-13,18H,4-5,14-17H2,1-3H3/t18-/m1/s1. The van der Waals surface area contributed by atoms with Crippen molar-refractivity contribution in [2.75, 3.05) is 27.2 Å². The van der Waals surface area contributed by atoms with Gasteiger partial charge >= 0.3 is 0 Å². The largest absolute Gasteiger partial charge is 0.497 e. The van der Waals surface area contributed by atoms with Crippen LogP contribution in [0.15, 0.2) is 53.1 Å². The third-order valence-corrected chi connectivity index (χ3v) is 5.88. The molecule has 7 nitrogen and oxygen atoms in total. The number of nitrogens with zero attached hydrogens (tertiary/aromatic N) is 4. The predicted octanol–water partition coefficient (Wildman–Crippen LogP) is 4.25. The van der Waals surface area contributed by atoms with E-state index in [2.05, 4.69) is 34.1 Å². The van der Waals surface area contributed by atoms with E-state index in [1.54, 1.807) is 19.1 Å². The average molecular weight is 435 g/mol. The lowest BCUT2D eigenvalue weighted by Gasteiger charge is -2.30. The first-order chi connectivity index (χ1) is 15.5. The van der Waals surface area contributed by atoms with Crippen LogP contribution in [-0.4, -0.2) is 53.1 Å². The number of ether oxygens (including phenoxy) is 1. The lowest BCUT2D eigenvalue weighted by atomic mass is 9.99. The number of methoxy groups -OCH3 is 1. The van der Waals surface area contributed by atoms with Crippen molar-refractivity contribution in [3.05, 3.63) is 65.5 Å². The molecule has 32 heavy (non-hydrogen) atoms. The maximum Gasteiger partial charge on any atom is 0.254 e. The van der Waals surface area contributed by atoms with Gasteiger partial charge in [-0.1, -0.05) is 24.2 Å². The Kier molecular flexibility index (Phi) is 6.85. The van der Waals surface area contributed by atoms with E-state index in [0.717, 1.165) is 36.9 Å². The molecule has 1 atom stereocenters. The van der Waals surface area contributed by atoms with Crippen molar-refractivity contribution in [2.24, 2.45) is 5.92 Å². The first kappa shape index (κ1) is 22.0. The molecule has 1 amide bonds. The first-order valence-corrected chi connectivity index (χ1v) is 11.1. The van der Waals surface area contributed by atoms with E-state index in [-0.39, 0.29) is 12.5 Å². The first-order valence-electron chi connectivity index (χ1n) is 11.1. The van der Waals surface area contributed by atoms with Crippen molar-refractivity contribution in [2.45, 2.75) is 32.9 Å². The van der Waals surface area contributed by atoms with Crippen LogP contribution in [0.1, 0.15) is 41.6 Å². The zero-order chi connectivity index (χ0) is 22.5. The van der Waals surface area contributed by atoms with Crippen LogP contribution < -0.4 is 4.74 Å². The molecule has 0 saturated carbocycles. The molecule has 3 aromatic rings. The molecule has 4 rings (SSSR count). The van der Waals surface area contributed by atoms with Crippen LogP contribution in [0.5, 0.6) is 5.75 Å². The molecule has 168 valence electrons. The van der Waals surface area contributed by atoms with Gasteiger partial charge in [-0.25, -0.2) is 0 Å². The van der Waals surface area contributed by atoms with Crippen LogP contribution in [0, 0.1) is 5.92 Å². The average Bonchev–Trinajstić information content (AvgIpc) is 3.27. The lowest BCUT2D eigenvalue weighted by Crippen LogP contribution is -2.33. The van der Waals surface area contributed by atoms with Gasteiger partial charge in [0.2, 0.25) is 11.7 Å². The number of benzene rings is 2. The van der Waals surface area contributed by atoms with Crippen LogP contribution in [0.3, 0.4) is 0 Å². The summed E-state index contributed by atoms with van der Waals surface area (Å²) in [4.78, 5) is 21.4. The van der Waals surface area contributed by atoms with E-state index < -0.39 is 0 Å². The summed E-state index contributed by atoms with van der Waals surface area (Å²) in [6.07, 6.45) is 2.58. The van der Waals surface area contributed by atoms with Crippen LogP contribution in [0.4, 0.5) is 0 Å². The van der Waals surface area contributed by atoms with Crippen molar-refractivity contribution in [3.8, 4) is 17.1 Å². The number of hydrogen-bond acceptors (Lipinski definition) is 6. The van der Waals surface area contributed by atoms with E-state index in [1.165, 1.54) is 18.4 Å². The number of piperidine rings is 1. The number of carbonyl (C=O) groups excluding carboxylic acids is 1. The van der Waals surface area contributed by atoms with Gasteiger partial charge in [-0.2, -0.15) is 4.98 Å². The van der Waals surface area contributed by atoms with E-state index >= 15 is 0 Å². The molecule has 0 aliphatic carbocycles. The molecule has 2 aromatic carbocycles. The molecule has 1 saturated heterocycles. The van der Waals surface area contributed by atoms with Crippen LogP contribution in [-0.2, 0) is 13.1 Å². The molecule has 2 heterocycles. The highest BCUT2D eigenvalue weighted by Gasteiger charge is 2.18. The van der Waals surface area contributed by atoms with E-state index in [0.29, 0.717) is 17.3 Å². The summed E-state index contributed by atoms with van der Waals surface area (Å²) in [7, 11) is 3.36. The summed E-state index contributed by atoms with van der Waals surface area (Å²) >= 11 is 0. The maximum absolute atomic E-state index is 12.9. The predicted molar refractivity (Wildman–Crippen MR) is 122 cm³/mol. The zero-order valence-electron chi connectivity index (χ0n) is 19.0. The second-order valence-corrected chi connectivity index (χ2v) is 8.58. The van der Waals surface area contributed by atoms with Gasteiger partial charge in [-0.05, 0) is 67.3 Å². The van der Waals surface area contributed by atoms with Crippen molar-refractivity contribution >= 4 is 5.91 Å². The Morgan fingerprint density at radius 1 is 1.19 bits per heavy atom. The Morgan fingerprint density at radius 3 is 2.62 bits per heavy atom. The Bertz CT molecular complexity index is 1030. The molecular weight excluding hydrogens is 404 g/mol. The minimum atomic E-state index is -0.0765. The molecular formula is C25H30N4O3. The van der Waals surface area contributed by atoms with Crippen LogP contribution in [0.2, 0.25) is 0 Å². The van der Waals surface area contributed by atoms with E-state index in [4.69, 9.17) is 9.26 Å². The van der Waals surface area contributed by atoms with Crippen molar-refractivity contribution in [3.63, 3.8) is 0 Å². The summed E-state index contributed by atoms with van der Waals surface area (Å²) in [5.74, 6) is 2.32. The monoisotopic (exact) mass is 434 g/mol. The van der Waals surface area contributed by atoms with Gasteiger partial charge in [0.1, 0.15) is 5.75 Å². The molecule has 1 aliphatic rings. The summed E-state index contributed by atoms with van der Waals surface area (Å²) in [5.41, 5.74) is 2.71. The van der Waals surface area contributed by atoms with Gasteiger partial charge in [0.05, 0.1) is 13.7 Å². The fourth-order valence-corrected chi connectivity index (χ4v) is 4.11. The number of hydrogen-bond donors (Lipinski definition) is 0. The topological polar surface area (TPSA) is 71.7 Å². The minimum absolute atomic E-state index is 0.0765. The van der Waals surface area contributed by atoms with Gasteiger partial charge in [0, 0.05) is 31.3 Å². The second kappa shape index (κ2) is 9.96. The van der Waals surface area contributed by atoms with Crippen LogP contribution in [0.25, 0.3) is 11.4 Å². The second-order valence-electron chi connectivity index (χ2n) is 8.58. The number of aromatic nitrogens is 2. The summed E-state index contributed by atoms with van der Waals surface area (Å²) in [6.45, 7) is 5.79. The fraction of sp³-hybridized carbons (Fsp3) is 0.400. The normalized spacial score (nSPS) is 16.7. The summed E-state index contributed by atoms with van der Waals surface area (Å²) in [6, 6.07) is 15.3. The van der Waals surface area contributed by atoms with Gasteiger partial charge in [0.15, 0.2) is 0 Å². The number of carbonyl (C=O) groups is 1. The van der Waals surface area contributed by atoms with Gasteiger partial charge in [-0.3, -0.25) is 9.69 Å². The lowest BCUT2D eigenvalue weighted by molar-refractivity contribution is 0.0769. The molecule has 1 aromatic heterocycles. The number of amides is 1. The highest BCUT2D eigenvalue weighted by molar-refractivity contribution is 5.94. The van der Waals surface area contributed by atoms with E-state index in [1.807, 2.05) is 36.4 Å². The summed E-state index contributed by atoms with van der Waals surface area (Å²) in [5, 5.41) is 4.03. The summed E-state index contributed by atoms with van der Waals surface area (Å²) < 4.78 is 10.5. The Balaban J connectivity index is 1.34. The van der Waals surface area contributed by atoms with Gasteiger partial charge in [-0.15, -0.1) is 0 Å². The quantitative estimate of drug-likeness (QED) is 0.554. The van der Waals surface area contributed by atoms with Gasteiger partial charge in [0.25, 0.3) is 5.91 Å². The molecule has 0 spiro atoms. The van der Waals surface area contributed by atoms with Crippen molar-refractivity contribution in [1.82, 2.24) is 19.9 Å². The smallest absolute Gasteiger partial charge is 0.254 e. The molecule has 0 unspecified atom stereocenters. The van der Waals surface area contributed by atoms with E-state index in [9.17, 15) is 4.79 Å². The zero-order valence-corrected chi connectivity index (χ0v) is 19.0. The minimum Gasteiger partial charge on any atom is -0.497 e. The molecule has 1 aliphatic heterocycles. The maximum atomic E-state index is 12.9. The molecule has 1 fully saturated rings. The molecule has 0 bridgehead atoms. The van der Waals surface area contributed by atoms with Gasteiger partial charge < -0.3 is 14.2 Å². The molecule has 0 radical (unpaired) electrons. The fourth-order valence-electron chi connectivity index (χ4n) is 4.11. The number of rotatable bonds is 7. The van der Waals surface area contributed by atoms with Crippen molar-refractivity contribution in [1.29, 1.82) is 0 Å². The Morgan fingerprint density at radius 2 is 1.94 bits per heavy atom.